The maximum atomic E-state index is 6.31. The number of halogens is 1. The first-order valence-electron chi connectivity index (χ1n) is 9.76. The summed E-state index contributed by atoms with van der Waals surface area (Å²) in [6, 6.07) is 13.9. The van der Waals surface area contributed by atoms with Crippen molar-refractivity contribution in [3.05, 3.63) is 53.7 Å². The summed E-state index contributed by atoms with van der Waals surface area (Å²) in [5.74, 6) is 1.43. The van der Waals surface area contributed by atoms with Crippen molar-refractivity contribution in [2.24, 2.45) is 5.92 Å². The fourth-order valence-corrected chi connectivity index (χ4v) is 4.13. The van der Waals surface area contributed by atoms with Crippen molar-refractivity contribution in [1.29, 1.82) is 0 Å². The maximum absolute atomic E-state index is 6.31. The first-order valence-corrected chi connectivity index (χ1v) is 10.1. The second-order valence-electron chi connectivity index (χ2n) is 7.40. The summed E-state index contributed by atoms with van der Waals surface area (Å²) in [6.45, 7) is 3.08. The first-order chi connectivity index (χ1) is 13.8. The highest BCUT2D eigenvalue weighted by Gasteiger charge is 2.17. The zero-order valence-electron chi connectivity index (χ0n) is 15.5. The molecule has 5 nitrogen and oxygen atoms in total. The Hall–Kier alpha value is -2.63. The van der Waals surface area contributed by atoms with Crippen LogP contribution in [0, 0.1) is 5.92 Å². The van der Waals surface area contributed by atoms with Crippen LogP contribution in [0.5, 0.6) is 0 Å². The number of H-pyrrole nitrogens is 1. The number of imidazole rings is 1. The number of rotatable bonds is 4. The number of fused-ring (bicyclic) bond motifs is 2. The van der Waals surface area contributed by atoms with Crippen LogP contribution < -0.4 is 10.6 Å². The number of para-hydroxylation sites is 2. The molecule has 142 valence electrons. The molecule has 0 spiro atoms. The lowest BCUT2D eigenvalue weighted by Crippen LogP contribution is -2.33. The smallest absolute Gasteiger partial charge is 0.142 e. The van der Waals surface area contributed by atoms with Gasteiger partial charge in [0, 0.05) is 23.2 Å². The maximum Gasteiger partial charge on any atom is 0.142 e. The van der Waals surface area contributed by atoms with E-state index in [1.165, 1.54) is 12.8 Å². The third-order valence-electron chi connectivity index (χ3n) is 5.44. The first kappa shape index (κ1) is 17.5. The Morgan fingerprint density at radius 2 is 2.07 bits per heavy atom. The Labute approximate surface area is 168 Å². The van der Waals surface area contributed by atoms with E-state index in [0.29, 0.717) is 10.9 Å². The fraction of sp³-hybridized carbons (Fsp3) is 0.273. The number of aromatic amines is 1. The molecule has 3 N–H and O–H groups in total. The topological polar surface area (TPSA) is 65.6 Å². The average Bonchev–Trinajstić information content (AvgIpc) is 3.16. The highest BCUT2D eigenvalue weighted by molar-refractivity contribution is 6.31. The van der Waals surface area contributed by atoms with Gasteiger partial charge in [0.2, 0.25) is 0 Å². The second kappa shape index (κ2) is 7.41. The van der Waals surface area contributed by atoms with Gasteiger partial charge in [0.15, 0.2) is 0 Å². The number of nitrogens with zero attached hydrogens (tertiary/aromatic N) is 2. The summed E-state index contributed by atoms with van der Waals surface area (Å²) >= 11 is 6.31. The van der Waals surface area contributed by atoms with Crippen molar-refractivity contribution in [2.75, 3.05) is 25.0 Å². The van der Waals surface area contributed by atoms with Crippen LogP contribution in [0.2, 0.25) is 5.02 Å². The van der Waals surface area contributed by atoms with Gasteiger partial charge < -0.3 is 15.6 Å². The summed E-state index contributed by atoms with van der Waals surface area (Å²) in [4.78, 5) is 12.9. The molecule has 0 unspecified atom stereocenters. The van der Waals surface area contributed by atoms with Crippen molar-refractivity contribution in [2.45, 2.75) is 12.8 Å². The standard InChI is InChI=1S/C22H22ClN5/c23-15-7-8-18-16(10-15)21(26-12-14-4-3-9-24-11-14)17(13-25-18)22-27-19-5-1-2-6-20(19)28-22/h1-2,5-8,10,13-14,24H,3-4,9,11-12H2,(H,25,26)(H,27,28)/t14-/m0/s1. The predicted octanol–water partition coefficient (Wildman–Crippen LogP) is 4.84. The van der Waals surface area contributed by atoms with Gasteiger partial charge in [0.25, 0.3) is 0 Å². The van der Waals surface area contributed by atoms with E-state index < -0.39 is 0 Å². The SMILES string of the molecule is Clc1ccc2ncc(-c3nc4ccccc4[nH]3)c(NC[C@H]3CCCNC3)c2c1. The van der Waals surface area contributed by atoms with E-state index in [1.54, 1.807) is 0 Å². The molecule has 4 aromatic rings. The average molecular weight is 392 g/mol. The molecule has 0 bridgehead atoms. The summed E-state index contributed by atoms with van der Waals surface area (Å²) in [5.41, 5.74) is 4.90. The minimum Gasteiger partial charge on any atom is -0.384 e. The van der Waals surface area contributed by atoms with Crippen molar-refractivity contribution in [3.63, 3.8) is 0 Å². The Bertz CT molecular complexity index is 1100. The van der Waals surface area contributed by atoms with Crippen LogP contribution >= 0.6 is 11.6 Å². The lowest BCUT2D eigenvalue weighted by Gasteiger charge is -2.24. The van der Waals surface area contributed by atoms with Gasteiger partial charge in [-0.25, -0.2) is 4.98 Å². The van der Waals surface area contributed by atoms with Crippen LogP contribution in [0.4, 0.5) is 5.69 Å². The highest BCUT2D eigenvalue weighted by atomic mass is 35.5. The molecule has 5 rings (SSSR count). The molecule has 2 aromatic heterocycles. The van der Waals surface area contributed by atoms with Crippen molar-refractivity contribution >= 4 is 39.2 Å². The second-order valence-corrected chi connectivity index (χ2v) is 7.84. The summed E-state index contributed by atoms with van der Waals surface area (Å²) < 4.78 is 0. The van der Waals surface area contributed by atoms with E-state index in [2.05, 4.69) is 20.6 Å². The van der Waals surface area contributed by atoms with Crippen molar-refractivity contribution < 1.29 is 0 Å². The molecule has 1 fully saturated rings. The van der Waals surface area contributed by atoms with Crippen LogP contribution in [0.15, 0.2) is 48.7 Å². The molecular formula is C22H22ClN5. The predicted molar refractivity (Wildman–Crippen MR) is 116 cm³/mol. The summed E-state index contributed by atoms with van der Waals surface area (Å²) in [7, 11) is 0. The Balaban J connectivity index is 1.60. The van der Waals surface area contributed by atoms with Crippen LogP contribution in [-0.4, -0.2) is 34.6 Å². The van der Waals surface area contributed by atoms with Crippen LogP contribution in [0.1, 0.15) is 12.8 Å². The largest absolute Gasteiger partial charge is 0.384 e. The van der Waals surface area contributed by atoms with Crippen LogP contribution in [0.25, 0.3) is 33.3 Å². The van der Waals surface area contributed by atoms with Crippen LogP contribution in [-0.2, 0) is 0 Å². The lowest BCUT2D eigenvalue weighted by atomic mass is 9.99. The van der Waals surface area contributed by atoms with E-state index in [4.69, 9.17) is 16.6 Å². The van der Waals surface area contributed by atoms with E-state index >= 15 is 0 Å². The molecule has 1 atom stereocenters. The summed E-state index contributed by atoms with van der Waals surface area (Å²) in [5, 5.41) is 8.92. The molecule has 0 saturated carbocycles. The molecular weight excluding hydrogens is 370 g/mol. The number of piperidine rings is 1. The van der Waals surface area contributed by atoms with Gasteiger partial charge in [-0.2, -0.15) is 0 Å². The Kier molecular flexibility index (Phi) is 4.63. The van der Waals surface area contributed by atoms with Gasteiger partial charge in [-0.3, -0.25) is 4.98 Å². The molecule has 0 radical (unpaired) electrons. The minimum atomic E-state index is 0.611. The lowest BCUT2D eigenvalue weighted by molar-refractivity contribution is 0.393. The third kappa shape index (κ3) is 3.32. The molecule has 1 saturated heterocycles. The summed E-state index contributed by atoms with van der Waals surface area (Å²) in [6.07, 6.45) is 4.37. The van der Waals surface area contributed by atoms with Crippen LogP contribution in [0.3, 0.4) is 0 Å². The van der Waals surface area contributed by atoms with Gasteiger partial charge in [-0.15, -0.1) is 0 Å². The molecule has 2 aromatic carbocycles. The van der Waals surface area contributed by atoms with Gasteiger partial charge >= 0.3 is 0 Å². The van der Waals surface area contributed by atoms with Gasteiger partial charge in [-0.05, 0) is 62.2 Å². The molecule has 1 aliphatic rings. The third-order valence-corrected chi connectivity index (χ3v) is 5.68. The number of nitrogens with one attached hydrogen (secondary N) is 3. The van der Waals surface area contributed by atoms with Crippen molar-refractivity contribution in [1.82, 2.24) is 20.3 Å². The zero-order chi connectivity index (χ0) is 18.9. The normalized spacial score (nSPS) is 17.2. The molecule has 0 amide bonds. The minimum absolute atomic E-state index is 0.611. The van der Waals surface area contributed by atoms with E-state index in [1.807, 2.05) is 48.7 Å². The number of benzene rings is 2. The van der Waals surface area contributed by atoms with Crippen molar-refractivity contribution in [3.8, 4) is 11.4 Å². The monoisotopic (exact) mass is 391 g/mol. The number of hydrogen-bond donors (Lipinski definition) is 3. The zero-order valence-corrected chi connectivity index (χ0v) is 16.3. The van der Waals surface area contributed by atoms with Gasteiger partial charge in [0.1, 0.15) is 5.82 Å². The molecule has 0 aliphatic carbocycles. The molecule has 28 heavy (non-hydrogen) atoms. The van der Waals surface area contributed by atoms with E-state index in [0.717, 1.165) is 58.6 Å². The molecule has 1 aliphatic heterocycles. The molecule has 3 heterocycles. The Morgan fingerprint density at radius 3 is 2.93 bits per heavy atom. The fourth-order valence-electron chi connectivity index (χ4n) is 3.96. The number of hydrogen-bond acceptors (Lipinski definition) is 4. The van der Waals surface area contributed by atoms with E-state index in [-0.39, 0.29) is 0 Å². The quantitative estimate of drug-likeness (QED) is 0.465. The van der Waals surface area contributed by atoms with E-state index in [9.17, 15) is 0 Å². The Morgan fingerprint density at radius 1 is 1.14 bits per heavy atom. The number of aromatic nitrogens is 3. The number of anilines is 1. The highest BCUT2D eigenvalue weighted by Crippen LogP contribution is 2.34. The van der Waals surface area contributed by atoms with Gasteiger partial charge in [0.05, 0.1) is 27.8 Å². The molecule has 6 heteroatoms. The van der Waals surface area contributed by atoms with Gasteiger partial charge in [-0.1, -0.05) is 23.7 Å². The number of pyridine rings is 1.